The summed E-state index contributed by atoms with van der Waals surface area (Å²) < 4.78 is 10.9. The number of nitrogens with two attached hydrogens (primary N) is 1. The van der Waals surface area contributed by atoms with Crippen LogP contribution in [0.3, 0.4) is 0 Å². The van der Waals surface area contributed by atoms with E-state index in [2.05, 4.69) is 6.92 Å². The molecule has 0 aliphatic heterocycles. The monoisotopic (exact) mass is 203 g/mol. The molecule has 0 aromatic carbocycles. The second-order valence-corrected chi connectivity index (χ2v) is 3.44. The maximum Gasteiger partial charge on any atom is 0.172 e. The Kier molecular flexibility index (Phi) is 9.35. The normalized spacial score (nSPS) is 13.5. The second-order valence-electron chi connectivity index (χ2n) is 3.44. The highest BCUT2D eigenvalue weighted by molar-refractivity contribution is 4.65. The minimum absolute atomic E-state index is 0.0152. The zero-order valence-electron chi connectivity index (χ0n) is 9.79. The average Bonchev–Trinajstić information content (AvgIpc) is 2.18. The molecule has 0 bridgehead atoms. The van der Waals surface area contributed by atoms with Crippen molar-refractivity contribution in [2.45, 2.75) is 58.8 Å². The molecule has 0 fully saturated rings. The van der Waals surface area contributed by atoms with Crippen LogP contribution in [0, 0.1) is 0 Å². The lowest BCUT2D eigenvalue weighted by molar-refractivity contribution is -0.149. The van der Waals surface area contributed by atoms with E-state index in [4.69, 9.17) is 15.2 Å². The van der Waals surface area contributed by atoms with Gasteiger partial charge in [-0.3, -0.25) is 0 Å². The molecule has 1 unspecified atom stereocenters. The third-order valence-electron chi connectivity index (χ3n) is 2.15. The smallest absolute Gasteiger partial charge is 0.172 e. The molecule has 0 heterocycles. The highest BCUT2D eigenvalue weighted by Gasteiger charge is 2.17. The van der Waals surface area contributed by atoms with Crippen molar-refractivity contribution in [2.75, 3.05) is 13.2 Å². The van der Waals surface area contributed by atoms with Crippen LogP contribution in [0.1, 0.15) is 46.5 Å². The maximum atomic E-state index is 5.98. The summed E-state index contributed by atoms with van der Waals surface area (Å²) in [6.45, 7) is 7.43. The molecule has 0 saturated carbocycles. The summed E-state index contributed by atoms with van der Waals surface area (Å²) in [5, 5.41) is 0. The number of rotatable bonds is 9. The molecule has 3 heteroatoms. The molecule has 0 saturated heterocycles. The van der Waals surface area contributed by atoms with Gasteiger partial charge in [-0.2, -0.15) is 0 Å². The third kappa shape index (κ3) is 6.35. The molecular formula is C11H25NO2. The summed E-state index contributed by atoms with van der Waals surface area (Å²) >= 11 is 0. The fourth-order valence-corrected chi connectivity index (χ4v) is 1.39. The summed E-state index contributed by atoms with van der Waals surface area (Å²) in [6, 6.07) is 0.0152. The zero-order chi connectivity index (χ0) is 10.8. The van der Waals surface area contributed by atoms with E-state index in [-0.39, 0.29) is 12.3 Å². The predicted octanol–water partition coefficient (Wildman–Crippen LogP) is 2.29. The molecule has 0 rings (SSSR count). The Morgan fingerprint density at radius 1 is 1.00 bits per heavy atom. The van der Waals surface area contributed by atoms with Crippen LogP contribution in [0.4, 0.5) is 0 Å². The SMILES string of the molecule is CCCCCC(N)C(OCC)OCC. The fraction of sp³-hybridized carbons (Fsp3) is 1.00. The Hall–Kier alpha value is -0.120. The first kappa shape index (κ1) is 13.9. The van der Waals surface area contributed by atoms with E-state index < -0.39 is 0 Å². The van der Waals surface area contributed by atoms with Gasteiger partial charge in [0.2, 0.25) is 0 Å². The molecular weight excluding hydrogens is 178 g/mol. The Balaban J connectivity index is 3.69. The van der Waals surface area contributed by atoms with Crippen LogP contribution in [0.2, 0.25) is 0 Å². The standard InChI is InChI=1S/C11H25NO2/c1-4-7-8-9-10(12)11(13-5-2)14-6-3/h10-11H,4-9,12H2,1-3H3. The first-order valence-corrected chi connectivity index (χ1v) is 5.74. The van der Waals surface area contributed by atoms with Crippen LogP contribution >= 0.6 is 0 Å². The van der Waals surface area contributed by atoms with Gasteiger partial charge in [0, 0.05) is 13.2 Å². The van der Waals surface area contributed by atoms with E-state index in [0.29, 0.717) is 13.2 Å². The first-order chi connectivity index (χ1) is 6.76. The van der Waals surface area contributed by atoms with Gasteiger partial charge in [-0.1, -0.05) is 26.2 Å². The molecule has 2 N–H and O–H groups in total. The van der Waals surface area contributed by atoms with Gasteiger partial charge in [0.25, 0.3) is 0 Å². The second kappa shape index (κ2) is 9.44. The van der Waals surface area contributed by atoms with Gasteiger partial charge in [-0.25, -0.2) is 0 Å². The quantitative estimate of drug-likeness (QED) is 0.462. The molecule has 0 amide bonds. The number of hydrogen-bond donors (Lipinski definition) is 1. The molecule has 0 aliphatic carbocycles. The molecule has 0 spiro atoms. The average molecular weight is 203 g/mol. The minimum Gasteiger partial charge on any atom is -0.351 e. The van der Waals surface area contributed by atoms with Gasteiger partial charge in [-0.15, -0.1) is 0 Å². The van der Waals surface area contributed by atoms with Crippen molar-refractivity contribution in [3.05, 3.63) is 0 Å². The van der Waals surface area contributed by atoms with Gasteiger partial charge in [0.05, 0.1) is 6.04 Å². The zero-order valence-corrected chi connectivity index (χ0v) is 9.79. The lowest BCUT2D eigenvalue weighted by Gasteiger charge is -2.23. The Morgan fingerprint density at radius 3 is 2.00 bits per heavy atom. The van der Waals surface area contributed by atoms with Gasteiger partial charge in [0.15, 0.2) is 6.29 Å². The van der Waals surface area contributed by atoms with E-state index in [1.165, 1.54) is 12.8 Å². The van der Waals surface area contributed by atoms with Crippen LogP contribution in [0.25, 0.3) is 0 Å². The summed E-state index contributed by atoms with van der Waals surface area (Å²) in [6.07, 6.45) is 4.38. The van der Waals surface area contributed by atoms with Gasteiger partial charge in [0.1, 0.15) is 0 Å². The van der Waals surface area contributed by atoms with Crippen LogP contribution < -0.4 is 5.73 Å². The molecule has 3 nitrogen and oxygen atoms in total. The van der Waals surface area contributed by atoms with Crippen molar-refractivity contribution in [3.63, 3.8) is 0 Å². The Morgan fingerprint density at radius 2 is 1.57 bits per heavy atom. The van der Waals surface area contributed by atoms with Crippen molar-refractivity contribution in [2.24, 2.45) is 5.73 Å². The number of unbranched alkanes of at least 4 members (excludes halogenated alkanes) is 2. The molecule has 0 radical (unpaired) electrons. The van der Waals surface area contributed by atoms with Gasteiger partial charge >= 0.3 is 0 Å². The Labute approximate surface area is 88.0 Å². The van der Waals surface area contributed by atoms with Crippen molar-refractivity contribution in [1.29, 1.82) is 0 Å². The highest BCUT2D eigenvalue weighted by atomic mass is 16.7. The lowest BCUT2D eigenvalue weighted by Crippen LogP contribution is -2.38. The summed E-state index contributed by atoms with van der Waals surface area (Å²) in [4.78, 5) is 0. The largest absolute Gasteiger partial charge is 0.351 e. The van der Waals surface area contributed by atoms with Crippen LogP contribution in [-0.2, 0) is 9.47 Å². The van der Waals surface area contributed by atoms with Crippen molar-refractivity contribution in [1.82, 2.24) is 0 Å². The molecule has 0 aromatic heterocycles. The predicted molar refractivity (Wildman–Crippen MR) is 59.2 cm³/mol. The number of hydrogen-bond acceptors (Lipinski definition) is 3. The van der Waals surface area contributed by atoms with Crippen LogP contribution in [0.5, 0.6) is 0 Å². The third-order valence-corrected chi connectivity index (χ3v) is 2.15. The molecule has 14 heavy (non-hydrogen) atoms. The fourth-order valence-electron chi connectivity index (χ4n) is 1.39. The van der Waals surface area contributed by atoms with Crippen molar-refractivity contribution < 1.29 is 9.47 Å². The van der Waals surface area contributed by atoms with E-state index >= 15 is 0 Å². The minimum atomic E-state index is -0.221. The first-order valence-electron chi connectivity index (χ1n) is 5.74. The van der Waals surface area contributed by atoms with E-state index in [1.54, 1.807) is 0 Å². The van der Waals surface area contributed by atoms with Crippen molar-refractivity contribution >= 4 is 0 Å². The Bertz CT molecular complexity index is 114. The van der Waals surface area contributed by atoms with Crippen molar-refractivity contribution in [3.8, 4) is 0 Å². The summed E-state index contributed by atoms with van der Waals surface area (Å²) in [5.41, 5.74) is 5.98. The summed E-state index contributed by atoms with van der Waals surface area (Å²) in [7, 11) is 0. The van der Waals surface area contributed by atoms with E-state index in [9.17, 15) is 0 Å². The lowest BCUT2D eigenvalue weighted by atomic mass is 10.1. The maximum absolute atomic E-state index is 5.98. The molecule has 0 aromatic rings. The molecule has 1 atom stereocenters. The van der Waals surface area contributed by atoms with Crippen LogP contribution in [0.15, 0.2) is 0 Å². The van der Waals surface area contributed by atoms with E-state index in [0.717, 1.165) is 12.8 Å². The molecule has 0 aliphatic rings. The summed E-state index contributed by atoms with van der Waals surface area (Å²) in [5.74, 6) is 0. The van der Waals surface area contributed by atoms with Gasteiger partial charge < -0.3 is 15.2 Å². The number of ether oxygens (including phenoxy) is 2. The topological polar surface area (TPSA) is 44.5 Å². The van der Waals surface area contributed by atoms with Crippen LogP contribution in [-0.4, -0.2) is 25.5 Å². The molecule has 86 valence electrons. The highest BCUT2D eigenvalue weighted by Crippen LogP contribution is 2.08. The van der Waals surface area contributed by atoms with E-state index in [1.807, 2.05) is 13.8 Å². The van der Waals surface area contributed by atoms with Gasteiger partial charge in [-0.05, 0) is 20.3 Å².